The molecule has 0 unspecified atom stereocenters. The van der Waals surface area contributed by atoms with Gasteiger partial charge in [0.2, 0.25) is 0 Å². The Hall–Kier alpha value is -5.15. The number of aromatic carboxylic acids is 1. The van der Waals surface area contributed by atoms with Crippen molar-refractivity contribution in [2.24, 2.45) is 0 Å². The Balaban J connectivity index is 1.38. The number of aromatic nitrogens is 2. The molecule has 1 aliphatic heterocycles. The highest BCUT2D eigenvalue weighted by Gasteiger charge is 2.42. The number of Topliss-reactive ketones (excluding diaryl/α,β-unsaturated/α-hetero) is 1. The Kier molecular flexibility index (Phi) is 7.47. The normalized spacial score (nSPS) is 17.3. The second-order valence-corrected chi connectivity index (χ2v) is 12.2. The Bertz CT molecular complexity index is 1940. The van der Waals surface area contributed by atoms with Gasteiger partial charge in [-0.3, -0.25) is 4.79 Å². The van der Waals surface area contributed by atoms with Crippen LogP contribution in [-0.4, -0.2) is 33.7 Å². The monoisotopic (exact) mass is 617 g/mol. The topological polar surface area (TPSA) is 103 Å². The second kappa shape index (κ2) is 11.7. The van der Waals surface area contributed by atoms with Crippen LogP contribution in [0.2, 0.25) is 0 Å². The van der Waals surface area contributed by atoms with Crippen molar-refractivity contribution in [1.29, 1.82) is 0 Å². The number of benzene rings is 3. The number of ether oxygens (including phenoxy) is 2. The van der Waals surface area contributed by atoms with Crippen LogP contribution in [0, 0.1) is 6.92 Å². The number of allylic oxidation sites excluding steroid dienone is 2. The van der Waals surface area contributed by atoms with Gasteiger partial charge < -0.3 is 19.9 Å². The summed E-state index contributed by atoms with van der Waals surface area (Å²) >= 11 is 1.66. The number of para-hydroxylation sites is 1. The molecule has 9 heteroatoms. The van der Waals surface area contributed by atoms with Crippen molar-refractivity contribution >= 4 is 28.9 Å². The Morgan fingerprint density at radius 3 is 2.58 bits per heavy atom. The van der Waals surface area contributed by atoms with E-state index in [-0.39, 0.29) is 17.3 Å². The van der Waals surface area contributed by atoms with Crippen molar-refractivity contribution in [2.45, 2.75) is 38.2 Å². The molecule has 2 N–H and O–H groups in total. The van der Waals surface area contributed by atoms with Crippen molar-refractivity contribution in [3.05, 3.63) is 134 Å². The fourth-order valence-corrected chi connectivity index (χ4v) is 7.30. The van der Waals surface area contributed by atoms with E-state index in [0.29, 0.717) is 53.7 Å². The molecule has 0 fully saturated rings. The number of nitrogens with zero attached hydrogens (tertiary/aromatic N) is 2. The Morgan fingerprint density at radius 2 is 1.82 bits per heavy atom. The number of hydrogen-bond donors (Lipinski definition) is 2. The number of thiophene rings is 1. The highest BCUT2D eigenvalue weighted by Crippen LogP contribution is 2.51. The van der Waals surface area contributed by atoms with Gasteiger partial charge in [0.15, 0.2) is 17.3 Å². The van der Waals surface area contributed by atoms with E-state index in [4.69, 9.17) is 14.6 Å². The first-order valence-electron chi connectivity index (χ1n) is 14.8. The van der Waals surface area contributed by atoms with Gasteiger partial charge in [-0.2, -0.15) is 5.10 Å². The molecule has 0 saturated heterocycles. The first-order valence-corrected chi connectivity index (χ1v) is 15.6. The maximum Gasteiger partial charge on any atom is 0.337 e. The summed E-state index contributed by atoms with van der Waals surface area (Å²) in [5, 5.41) is 20.5. The van der Waals surface area contributed by atoms with Crippen LogP contribution in [0.15, 0.2) is 102 Å². The number of carboxylic acids is 1. The maximum atomic E-state index is 14.1. The minimum absolute atomic E-state index is 0.0513. The lowest BCUT2D eigenvalue weighted by molar-refractivity contribution is -0.116. The van der Waals surface area contributed by atoms with Crippen molar-refractivity contribution in [1.82, 2.24) is 9.78 Å². The largest absolute Gasteiger partial charge is 0.493 e. The SMILES string of the molecule is COc1ccc([C@@H]2C3=C(C[C@H](c4cccs4)CC3=O)Nc3c2c(C)nn3-c2ccccc2C(=O)O)cc1OCc1ccccc1. The smallest absolute Gasteiger partial charge is 0.337 e. The molecular formula is C36H31N3O5S. The predicted molar refractivity (Wildman–Crippen MR) is 173 cm³/mol. The van der Waals surface area contributed by atoms with Gasteiger partial charge in [-0.1, -0.05) is 54.6 Å². The van der Waals surface area contributed by atoms with Crippen LogP contribution in [0.3, 0.4) is 0 Å². The van der Waals surface area contributed by atoms with Crippen LogP contribution in [0.5, 0.6) is 11.5 Å². The molecule has 2 aromatic heterocycles. The molecule has 1 aliphatic carbocycles. The Morgan fingerprint density at radius 1 is 1.02 bits per heavy atom. The molecule has 0 amide bonds. The van der Waals surface area contributed by atoms with Crippen LogP contribution in [0.1, 0.15) is 62.3 Å². The number of carboxylic acid groups (broad SMARTS) is 1. The van der Waals surface area contributed by atoms with Gasteiger partial charge in [0.1, 0.15) is 12.4 Å². The van der Waals surface area contributed by atoms with Gasteiger partial charge in [0.25, 0.3) is 0 Å². The molecule has 2 atom stereocenters. The molecular weight excluding hydrogens is 586 g/mol. The van der Waals surface area contributed by atoms with Crippen LogP contribution in [-0.2, 0) is 11.4 Å². The van der Waals surface area contributed by atoms with E-state index >= 15 is 0 Å². The first kappa shape index (κ1) is 28.6. The third kappa shape index (κ3) is 5.19. The first-order chi connectivity index (χ1) is 21.9. The summed E-state index contributed by atoms with van der Waals surface area (Å²) < 4.78 is 13.6. The molecule has 3 heterocycles. The number of fused-ring (bicyclic) bond motifs is 1. The number of methoxy groups -OCH3 is 1. The van der Waals surface area contributed by atoms with Gasteiger partial charge in [-0.05, 0) is 60.2 Å². The lowest BCUT2D eigenvalue weighted by Gasteiger charge is -2.35. The van der Waals surface area contributed by atoms with E-state index in [1.165, 1.54) is 4.88 Å². The minimum Gasteiger partial charge on any atom is -0.493 e. The summed E-state index contributed by atoms with van der Waals surface area (Å²) in [6, 6.07) is 26.6. The van der Waals surface area contributed by atoms with Gasteiger partial charge in [-0.15, -0.1) is 11.3 Å². The zero-order valence-corrected chi connectivity index (χ0v) is 25.6. The molecule has 0 bridgehead atoms. The number of ketones is 1. The summed E-state index contributed by atoms with van der Waals surface area (Å²) in [5.74, 6) is 0.473. The third-order valence-corrected chi connectivity index (χ3v) is 9.56. The number of carbonyl (C=O) groups excluding carboxylic acids is 1. The molecule has 0 radical (unpaired) electrons. The number of rotatable bonds is 8. The predicted octanol–water partition coefficient (Wildman–Crippen LogP) is 7.49. The van der Waals surface area contributed by atoms with E-state index in [2.05, 4.69) is 11.4 Å². The average molecular weight is 618 g/mol. The van der Waals surface area contributed by atoms with Gasteiger partial charge in [0.05, 0.1) is 24.1 Å². The van der Waals surface area contributed by atoms with E-state index < -0.39 is 11.9 Å². The number of hydrogen-bond acceptors (Lipinski definition) is 7. The van der Waals surface area contributed by atoms with Crippen molar-refractivity contribution in [2.75, 3.05) is 12.4 Å². The summed E-state index contributed by atoms with van der Waals surface area (Å²) in [5.41, 5.74) is 5.55. The summed E-state index contributed by atoms with van der Waals surface area (Å²) in [4.78, 5) is 27.5. The van der Waals surface area contributed by atoms with Crippen molar-refractivity contribution in [3.8, 4) is 17.2 Å². The van der Waals surface area contributed by atoms with E-state index in [1.807, 2.05) is 66.9 Å². The summed E-state index contributed by atoms with van der Waals surface area (Å²) in [7, 11) is 1.61. The molecule has 45 heavy (non-hydrogen) atoms. The van der Waals surface area contributed by atoms with Gasteiger partial charge in [-0.25, -0.2) is 9.48 Å². The molecule has 3 aromatic carbocycles. The standard InChI is InChI=1S/C36H31N3O5S/c1-21-32-33(23-14-15-29(43-2)30(19-23)44-20-22-9-4-3-5-10-22)34-26(17-24(18-28(34)40)31-13-8-16-45-31)37-35(32)39(38-21)27-12-7-6-11-25(27)36(41)42/h3-16,19,24,33,37H,17-18,20H2,1-2H3,(H,41,42)/t24-,33-/m0/s1. The molecule has 226 valence electrons. The highest BCUT2D eigenvalue weighted by molar-refractivity contribution is 7.10. The molecule has 8 nitrogen and oxygen atoms in total. The van der Waals surface area contributed by atoms with E-state index in [0.717, 1.165) is 22.4 Å². The van der Waals surface area contributed by atoms with Gasteiger partial charge >= 0.3 is 5.97 Å². The molecule has 0 saturated carbocycles. The van der Waals surface area contributed by atoms with Crippen LogP contribution in [0.4, 0.5) is 5.82 Å². The van der Waals surface area contributed by atoms with Crippen LogP contribution in [0.25, 0.3) is 5.69 Å². The molecule has 7 rings (SSSR count). The maximum absolute atomic E-state index is 14.1. The fourth-order valence-electron chi connectivity index (χ4n) is 6.47. The van der Waals surface area contributed by atoms with Crippen molar-refractivity contribution < 1.29 is 24.2 Å². The number of carbonyl (C=O) groups is 2. The van der Waals surface area contributed by atoms with E-state index in [9.17, 15) is 14.7 Å². The summed E-state index contributed by atoms with van der Waals surface area (Å²) in [6.45, 7) is 2.26. The third-order valence-electron chi connectivity index (χ3n) is 8.53. The molecule has 2 aliphatic rings. The zero-order valence-electron chi connectivity index (χ0n) is 24.8. The van der Waals surface area contributed by atoms with Gasteiger partial charge in [0, 0.05) is 40.0 Å². The second-order valence-electron chi connectivity index (χ2n) is 11.3. The molecule has 5 aromatic rings. The number of anilines is 1. The quantitative estimate of drug-likeness (QED) is 0.186. The Labute approximate surface area is 264 Å². The van der Waals surface area contributed by atoms with Crippen LogP contribution >= 0.6 is 11.3 Å². The van der Waals surface area contributed by atoms with E-state index in [1.54, 1.807) is 47.4 Å². The summed E-state index contributed by atoms with van der Waals surface area (Å²) in [6.07, 6.45) is 1.06. The zero-order chi connectivity index (χ0) is 31.1. The lowest BCUT2D eigenvalue weighted by atomic mass is 9.73. The minimum atomic E-state index is -1.04. The average Bonchev–Trinajstić information content (AvgIpc) is 3.72. The van der Waals surface area contributed by atoms with Crippen molar-refractivity contribution in [3.63, 3.8) is 0 Å². The van der Waals surface area contributed by atoms with Crippen LogP contribution < -0.4 is 14.8 Å². The molecule has 0 spiro atoms. The number of nitrogens with one attached hydrogen (secondary N) is 1. The highest BCUT2D eigenvalue weighted by atomic mass is 32.1. The lowest BCUT2D eigenvalue weighted by Crippen LogP contribution is -2.30. The number of aryl methyl sites for hydroxylation is 1. The fraction of sp³-hybridized carbons (Fsp3) is 0.194.